The van der Waals surface area contributed by atoms with Crippen LogP contribution in [0.25, 0.3) is 0 Å². The molecule has 1 aliphatic carbocycles. The van der Waals surface area contributed by atoms with E-state index in [2.05, 4.69) is 19.2 Å². The number of halogens is 1. The average Bonchev–Trinajstić information content (AvgIpc) is 2.38. The minimum absolute atomic E-state index is 0.233. The molecule has 1 rings (SSSR count). The van der Waals surface area contributed by atoms with Crippen molar-refractivity contribution >= 4 is 11.6 Å². The molecular weight excluding hydrogens is 170 g/mol. The summed E-state index contributed by atoms with van der Waals surface area (Å²) in [7, 11) is 0. The van der Waals surface area contributed by atoms with E-state index in [1.807, 2.05) is 0 Å². The van der Waals surface area contributed by atoms with Crippen LogP contribution in [0.15, 0.2) is 0 Å². The van der Waals surface area contributed by atoms with E-state index in [1.54, 1.807) is 0 Å². The zero-order chi connectivity index (χ0) is 9.03. The quantitative estimate of drug-likeness (QED) is 0.671. The van der Waals surface area contributed by atoms with Crippen LogP contribution >= 0.6 is 11.6 Å². The lowest BCUT2D eigenvalue weighted by atomic mass is 10.00. The number of nitrogens with one attached hydrogen (secondary N) is 1. The molecule has 0 unspecified atom stereocenters. The molecule has 0 saturated heterocycles. The molecule has 0 amide bonds. The molecular formula is C10H20ClN. The smallest absolute Gasteiger partial charge is 0.0240 e. The van der Waals surface area contributed by atoms with Gasteiger partial charge < -0.3 is 5.32 Å². The molecule has 12 heavy (non-hydrogen) atoms. The third-order valence-corrected chi connectivity index (χ3v) is 2.86. The van der Waals surface area contributed by atoms with Crippen LogP contribution < -0.4 is 5.32 Å². The first-order valence-electron chi connectivity index (χ1n) is 4.98. The van der Waals surface area contributed by atoms with Crippen LogP contribution in [0, 0.1) is 0 Å². The summed E-state index contributed by atoms with van der Waals surface area (Å²) in [6.07, 6.45) is 6.56. The summed E-state index contributed by atoms with van der Waals surface area (Å²) in [4.78, 5) is 0. The standard InChI is InChI=1S/C10H20ClN/c1-10(2,7-8-11)12-9-5-3-4-6-9/h9,12H,3-8H2,1-2H3. The lowest BCUT2D eigenvalue weighted by Crippen LogP contribution is -2.45. The summed E-state index contributed by atoms with van der Waals surface area (Å²) in [6.45, 7) is 4.49. The molecule has 0 heterocycles. The molecule has 0 spiro atoms. The Morgan fingerprint density at radius 1 is 1.33 bits per heavy atom. The third-order valence-electron chi connectivity index (χ3n) is 2.67. The molecule has 2 heteroatoms. The van der Waals surface area contributed by atoms with Crippen molar-refractivity contribution in [3.05, 3.63) is 0 Å². The van der Waals surface area contributed by atoms with Gasteiger partial charge in [-0.15, -0.1) is 11.6 Å². The number of hydrogen-bond acceptors (Lipinski definition) is 1. The van der Waals surface area contributed by atoms with Gasteiger partial charge in [-0.25, -0.2) is 0 Å². The zero-order valence-electron chi connectivity index (χ0n) is 8.20. The highest BCUT2D eigenvalue weighted by atomic mass is 35.5. The molecule has 1 saturated carbocycles. The van der Waals surface area contributed by atoms with Gasteiger partial charge in [0.25, 0.3) is 0 Å². The van der Waals surface area contributed by atoms with E-state index in [0.29, 0.717) is 0 Å². The van der Waals surface area contributed by atoms with Crippen molar-refractivity contribution in [1.82, 2.24) is 5.32 Å². The zero-order valence-corrected chi connectivity index (χ0v) is 8.95. The average molecular weight is 190 g/mol. The van der Waals surface area contributed by atoms with Gasteiger partial charge in [-0.2, -0.15) is 0 Å². The first-order chi connectivity index (χ1) is 5.64. The van der Waals surface area contributed by atoms with Gasteiger partial charge in [-0.1, -0.05) is 12.8 Å². The largest absolute Gasteiger partial charge is 0.309 e. The van der Waals surface area contributed by atoms with Crippen LogP contribution in [0.4, 0.5) is 0 Å². The fourth-order valence-electron chi connectivity index (χ4n) is 1.93. The number of rotatable bonds is 4. The Balaban J connectivity index is 2.27. The van der Waals surface area contributed by atoms with Crippen molar-refractivity contribution in [2.24, 2.45) is 0 Å². The number of hydrogen-bond donors (Lipinski definition) is 1. The summed E-state index contributed by atoms with van der Waals surface area (Å²) in [5, 5.41) is 3.67. The second-order valence-corrected chi connectivity index (χ2v) is 4.83. The van der Waals surface area contributed by atoms with E-state index in [0.717, 1.165) is 18.3 Å². The van der Waals surface area contributed by atoms with Crippen molar-refractivity contribution < 1.29 is 0 Å². The predicted molar refractivity (Wildman–Crippen MR) is 54.8 cm³/mol. The molecule has 1 fully saturated rings. The summed E-state index contributed by atoms with van der Waals surface area (Å²) in [6, 6.07) is 0.753. The van der Waals surface area contributed by atoms with E-state index in [4.69, 9.17) is 11.6 Å². The van der Waals surface area contributed by atoms with E-state index in [1.165, 1.54) is 25.7 Å². The van der Waals surface area contributed by atoms with Crippen LogP contribution in [0.5, 0.6) is 0 Å². The second kappa shape index (κ2) is 4.48. The van der Waals surface area contributed by atoms with Crippen LogP contribution in [0.2, 0.25) is 0 Å². The highest BCUT2D eigenvalue weighted by Gasteiger charge is 2.23. The Labute approximate surface area is 80.9 Å². The lowest BCUT2D eigenvalue weighted by molar-refractivity contribution is 0.326. The summed E-state index contributed by atoms with van der Waals surface area (Å²) >= 11 is 5.73. The molecule has 0 aromatic carbocycles. The Morgan fingerprint density at radius 2 is 1.92 bits per heavy atom. The summed E-state index contributed by atoms with van der Waals surface area (Å²) < 4.78 is 0. The molecule has 0 aromatic heterocycles. The SMILES string of the molecule is CC(C)(CCCl)NC1CCCC1. The number of alkyl halides is 1. The molecule has 0 radical (unpaired) electrons. The molecule has 0 bridgehead atoms. The summed E-state index contributed by atoms with van der Waals surface area (Å²) in [5.41, 5.74) is 0.233. The second-order valence-electron chi connectivity index (χ2n) is 4.45. The maximum atomic E-state index is 5.73. The fourth-order valence-corrected chi connectivity index (χ4v) is 2.40. The van der Waals surface area contributed by atoms with Gasteiger partial charge in [-0.3, -0.25) is 0 Å². The Bertz CT molecular complexity index is 128. The van der Waals surface area contributed by atoms with Crippen molar-refractivity contribution in [3.8, 4) is 0 Å². The maximum Gasteiger partial charge on any atom is 0.0240 e. The Hall–Kier alpha value is 0.250. The summed E-state index contributed by atoms with van der Waals surface area (Å²) in [5.74, 6) is 0.757. The van der Waals surface area contributed by atoms with Crippen molar-refractivity contribution in [3.63, 3.8) is 0 Å². The predicted octanol–water partition coefficient (Wildman–Crippen LogP) is 2.93. The first kappa shape index (κ1) is 10.3. The highest BCUT2D eigenvalue weighted by Crippen LogP contribution is 2.21. The van der Waals surface area contributed by atoms with Crippen molar-refractivity contribution in [2.45, 2.75) is 57.5 Å². The van der Waals surface area contributed by atoms with Crippen LogP contribution in [-0.4, -0.2) is 17.5 Å². The molecule has 1 N–H and O–H groups in total. The van der Waals surface area contributed by atoms with Gasteiger partial charge in [0, 0.05) is 17.5 Å². The maximum absolute atomic E-state index is 5.73. The van der Waals surface area contributed by atoms with Gasteiger partial charge in [0.05, 0.1) is 0 Å². The van der Waals surface area contributed by atoms with Crippen molar-refractivity contribution in [1.29, 1.82) is 0 Å². The minimum Gasteiger partial charge on any atom is -0.309 e. The van der Waals surface area contributed by atoms with E-state index in [9.17, 15) is 0 Å². The Kier molecular flexibility index (Phi) is 3.85. The normalized spacial score (nSPS) is 20.2. The molecule has 0 aromatic rings. The monoisotopic (exact) mass is 189 g/mol. The topological polar surface area (TPSA) is 12.0 Å². The Morgan fingerprint density at radius 3 is 2.42 bits per heavy atom. The van der Waals surface area contributed by atoms with Gasteiger partial charge in [0.15, 0.2) is 0 Å². The van der Waals surface area contributed by atoms with E-state index >= 15 is 0 Å². The van der Waals surface area contributed by atoms with E-state index < -0.39 is 0 Å². The minimum atomic E-state index is 0.233. The highest BCUT2D eigenvalue weighted by molar-refractivity contribution is 6.17. The third kappa shape index (κ3) is 3.32. The van der Waals surface area contributed by atoms with Crippen LogP contribution in [-0.2, 0) is 0 Å². The molecule has 1 nitrogen and oxygen atoms in total. The van der Waals surface area contributed by atoms with Crippen molar-refractivity contribution in [2.75, 3.05) is 5.88 Å². The van der Waals surface area contributed by atoms with Crippen LogP contribution in [0.1, 0.15) is 46.0 Å². The molecule has 0 aliphatic heterocycles. The first-order valence-corrected chi connectivity index (χ1v) is 5.51. The lowest BCUT2D eigenvalue weighted by Gasteiger charge is -2.29. The van der Waals surface area contributed by atoms with E-state index in [-0.39, 0.29) is 5.54 Å². The molecule has 0 atom stereocenters. The molecule has 1 aliphatic rings. The van der Waals surface area contributed by atoms with Gasteiger partial charge in [0.1, 0.15) is 0 Å². The van der Waals surface area contributed by atoms with Gasteiger partial charge in [0.2, 0.25) is 0 Å². The molecule has 72 valence electrons. The fraction of sp³-hybridized carbons (Fsp3) is 1.00. The van der Waals surface area contributed by atoms with Gasteiger partial charge in [-0.05, 0) is 33.1 Å². The van der Waals surface area contributed by atoms with Gasteiger partial charge >= 0.3 is 0 Å². The van der Waals surface area contributed by atoms with Crippen LogP contribution in [0.3, 0.4) is 0 Å².